The van der Waals surface area contributed by atoms with Crippen molar-refractivity contribution < 1.29 is 4.79 Å². The third kappa shape index (κ3) is 2.36. The van der Waals surface area contributed by atoms with Gasteiger partial charge in [-0.05, 0) is 25.0 Å². The summed E-state index contributed by atoms with van der Waals surface area (Å²) in [5.74, 6) is -0.0132. The van der Waals surface area contributed by atoms with Gasteiger partial charge >= 0.3 is 0 Å². The van der Waals surface area contributed by atoms with Crippen molar-refractivity contribution in [3.8, 4) is 0 Å². The van der Waals surface area contributed by atoms with Crippen LogP contribution in [0.25, 0.3) is 0 Å². The topological polar surface area (TPSA) is 46.3 Å². The molecule has 0 radical (unpaired) electrons. The van der Waals surface area contributed by atoms with Crippen LogP contribution >= 0.6 is 11.6 Å². The lowest BCUT2D eigenvalue weighted by molar-refractivity contribution is 0.0709. The Morgan fingerprint density at radius 3 is 2.88 bits per heavy atom. The summed E-state index contributed by atoms with van der Waals surface area (Å²) in [5.41, 5.74) is 6.42. The summed E-state index contributed by atoms with van der Waals surface area (Å²) in [4.78, 5) is 13.9. The van der Waals surface area contributed by atoms with Crippen LogP contribution in [0.5, 0.6) is 0 Å². The van der Waals surface area contributed by atoms with E-state index in [1.54, 1.807) is 17.0 Å². The van der Waals surface area contributed by atoms with E-state index in [-0.39, 0.29) is 11.9 Å². The van der Waals surface area contributed by atoms with E-state index in [0.29, 0.717) is 17.1 Å². The van der Waals surface area contributed by atoms with Gasteiger partial charge in [-0.1, -0.05) is 23.7 Å². The number of hydrogen-bond acceptors (Lipinski definition) is 2. The van der Waals surface area contributed by atoms with Gasteiger partial charge in [0.05, 0.1) is 10.6 Å². The second-order valence-corrected chi connectivity index (χ2v) is 4.54. The predicted molar refractivity (Wildman–Crippen MR) is 64.6 cm³/mol. The van der Waals surface area contributed by atoms with Crippen LogP contribution in [0.3, 0.4) is 0 Å². The van der Waals surface area contributed by atoms with Crippen molar-refractivity contribution >= 4 is 17.5 Å². The maximum Gasteiger partial charge on any atom is 0.255 e. The second kappa shape index (κ2) is 4.85. The van der Waals surface area contributed by atoms with Crippen LogP contribution in [0.1, 0.15) is 23.2 Å². The van der Waals surface area contributed by atoms with Gasteiger partial charge in [0.2, 0.25) is 0 Å². The maximum atomic E-state index is 12.2. The van der Waals surface area contributed by atoms with Gasteiger partial charge in [0.15, 0.2) is 0 Å². The van der Waals surface area contributed by atoms with Gasteiger partial charge in [-0.25, -0.2) is 0 Å². The minimum Gasteiger partial charge on any atom is -0.337 e. The Kier molecular flexibility index (Phi) is 3.46. The molecule has 4 heteroatoms. The number of piperidine rings is 1. The quantitative estimate of drug-likeness (QED) is 0.812. The third-order valence-electron chi connectivity index (χ3n) is 2.85. The number of amides is 1. The van der Waals surface area contributed by atoms with Gasteiger partial charge in [0.25, 0.3) is 5.91 Å². The average Bonchev–Trinajstić information content (AvgIpc) is 2.29. The summed E-state index contributed by atoms with van der Waals surface area (Å²) in [6.45, 7) is 1.40. The highest BCUT2D eigenvalue weighted by molar-refractivity contribution is 6.33. The fourth-order valence-electron chi connectivity index (χ4n) is 2.00. The molecule has 0 spiro atoms. The molecule has 2 N–H and O–H groups in total. The molecule has 1 saturated heterocycles. The Hall–Kier alpha value is -1.06. The number of likely N-dealkylation sites (tertiary alicyclic amines) is 1. The van der Waals surface area contributed by atoms with Crippen molar-refractivity contribution in [3.63, 3.8) is 0 Å². The van der Waals surface area contributed by atoms with Crippen molar-refractivity contribution in [3.05, 3.63) is 34.9 Å². The lowest BCUT2D eigenvalue weighted by atomic mass is 10.1. The SMILES string of the molecule is N[C@H]1CCCN(C(=O)c2ccccc2Cl)C1. The molecule has 0 aromatic heterocycles. The third-order valence-corrected chi connectivity index (χ3v) is 3.18. The van der Waals surface area contributed by atoms with Gasteiger partial charge in [0.1, 0.15) is 0 Å². The molecule has 0 bridgehead atoms. The first-order chi connectivity index (χ1) is 7.68. The molecule has 16 heavy (non-hydrogen) atoms. The van der Waals surface area contributed by atoms with Gasteiger partial charge in [-0.3, -0.25) is 4.79 Å². The smallest absolute Gasteiger partial charge is 0.255 e. The molecule has 0 aliphatic carbocycles. The van der Waals surface area contributed by atoms with Crippen molar-refractivity contribution in [2.75, 3.05) is 13.1 Å². The zero-order valence-corrected chi connectivity index (χ0v) is 9.78. The van der Waals surface area contributed by atoms with Crippen molar-refractivity contribution in [1.29, 1.82) is 0 Å². The summed E-state index contributed by atoms with van der Waals surface area (Å²) >= 11 is 6.00. The Bertz CT molecular complexity index is 394. The molecule has 1 aromatic rings. The molecule has 1 heterocycles. The molecular formula is C12H15ClN2O. The van der Waals surface area contributed by atoms with Crippen LogP contribution in [-0.4, -0.2) is 29.9 Å². The fraction of sp³-hybridized carbons (Fsp3) is 0.417. The van der Waals surface area contributed by atoms with Crippen LogP contribution in [0.2, 0.25) is 5.02 Å². The fourth-order valence-corrected chi connectivity index (χ4v) is 2.22. The highest BCUT2D eigenvalue weighted by Gasteiger charge is 2.23. The first-order valence-corrected chi connectivity index (χ1v) is 5.85. The number of carbonyl (C=O) groups excluding carboxylic acids is 1. The summed E-state index contributed by atoms with van der Waals surface area (Å²) < 4.78 is 0. The van der Waals surface area contributed by atoms with E-state index in [4.69, 9.17) is 17.3 Å². The average molecular weight is 239 g/mol. The summed E-state index contributed by atoms with van der Waals surface area (Å²) in [5, 5.41) is 0.506. The zero-order valence-electron chi connectivity index (χ0n) is 9.03. The zero-order chi connectivity index (χ0) is 11.5. The highest BCUT2D eigenvalue weighted by Crippen LogP contribution is 2.19. The van der Waals surface area contributed by atoms with Gasteiger partial charge in [-0.15, -0.1) is 0 Å². The number of halogens is 1. The van der Waals surface area contributed by atoms with Crippen LogP contribution in [-0.2, 0) is 0 Å². The maximum absolute atomic E-state index is 12.2. The van der Waals surface area contributed by atoms with Crippen molar-refractivity contribution in [1.82, 2.24) is 4.90 Å². The van der Waals surface area contributed by atoms with Crippen LogP contribution < -0.4 is 5.73 Å². The van der Waals surface area contributed by atoms with Crippen molar-refractivity contribution in [2.45, 2.75) is 18.9 Å². The molecule has 0 saturated carbocycles. The molecular weight excluding hydrogens is 224 g/mol. The molecule has 1 aromatic carbocycles. The Balaban J connectivity index is 2.16. The summed E-state index contributed by atoms with van der Waals surface area (Å²) in [6, 6.07) is 7.23. The van der Waals surface area contributed by atoms with Crippen LogP contribution in [0.15, 0.2) is 24.3 Å². The first-order valence-electron chi connectivity index (χ1n) is 5.48. The lowest BCUT2D eigenvalue weighted by Gasteiger charge is -2.31. The Morgan fingerprint density at radius 2 is 2.19 bits per heavy atom. The monoisotopic (exact) mass is 238 g/mol. The van der Waals surface area contributed by atoms with Gasteiger partial charge in [0, 0.05) is 19.1 Å². The number of nitrogens with two attached hydrogens (primary N) is 1. The molecule has 1 amide bonds. The van der Waals surface area contributed by atoms with E-state index in [1.807, 2.05) is 12.1 Å². The van der Waals surface area contributed by atoms with Crippen molar-refractivity contribution in [2.24, 2.45) is 5.73 Å². The van der Waals surface area contributed by atoms with E-state index in [0.717, 1.165) is 19.4 Å². The number of rotatable bonds is 1. The van der Waals surface area contributed by atoms with Crippen LogP contribution in [0, 0.1) is 0 Å². The molecule has 0 unspecified atom stereocenters. The minimum atomic E-state index is -0.0132. The normalized spacial score (nSPS) is 20.9. The minimum absolute atomic E-state index is 0.0132. The summed E-state index contributed by atoms with van der Waals surface area (Å²) in [6.07, 6.45) is 1.96. The Morgan fingerprint density at radius 1 is 1.44 bits per heavy atom. The predicted octanol–water partition coefficient (Wildman–Crippen LogP) is 1.90. The molecule has 2 rings (SSSR count). The highest BCUT2D eigenvalue weighted by atomic mass is 35.5. The van der Waals surface area contributed by atoms with E-state index in [1.165, 1.54) is 0 Å². The number of hydrogen-bond donors (Lipinski definition) is 1. The molecule has 1 aliphatic rings. The van der Waals surface area contributed by atoms with Gasteiger partial charge < -0.3 is 10.6 Å². The van der Waals surface area contributed by atoms with Crippen LogP contribution in [0.4, 0.5) is 0 Å². The number of nitrogens with zero attached hydrogens (tertiary/aromatic N) is 1. The first kappa shape index (κ1) is 11.4. The van der Waals surface area contributed by atoms with E-state index in [9.17, 15) is 4.79 Å². The number of carbonyl (C=O) groups is 1. The second-order valence-electron chi connectivity index (χ2n) is 4.13. The Labute approximate surface area is 100 Å². The van der Waals surface area contributed by atoms with E-state index in [2.05, 4.69) is 0 Å². The van der Waals surface area contributed by atoms with E-state index < -0.39 is 0 Å². The van der Waals surface area contributed by atoms with E-state index >= 15 is 0 Å². The molecule has 1 aliphatic heterocycles. The molecule has 1 fully saturated rings. The van der Waals surface area contributed by atoms with Gasteiger partial charge in [-0.2, -0.15) is 0 Å². The molecule has 86 valence electrons. The molecule has 1 atom stereocenters. The largest absolute Gasteiger partial charge is 0.337 e. The summed E-state index contributed by atoms with van der Waals surface area (Å²) in [7, 11) is 0. The molecule has 3 nitrogen and oxygen atoms in total. The lowest BCUT2D eigenvalue weighted by Crippen LogP contribution is -2.45. The standard InChI is InChI=1S/C12H15ClN2O/c13-11-6-2-1-5-10(11)12(16)15-7-3-4-9(14)8-15/h1-2,5-6,9H,3-4,7-8,14H2/t9-/m0/s1. The number of benzene rings is 1.